The molecule has 0 unspecified atom stereocenters. The zero-order valence-electron chi connectivity index (χ0n) is 22.3. The number of nitrogens with zero attached hydrogens (tertiary/aromatic N) is 4. The smallest absolute Gasteiger partial charge is 0.411 e. The van der Waals surface area contributed by atoms with Crippen LogP contribution in [0.3, 0.4) is 0 Å². The summed E-state index contributed by atoms with van der Waals surface area (Å²) in [6.07, 6.45) is -3.29. The molecule has 1 saturated carbocycles. The Morgan fingerprint density at radius 3 is 2.74 bits per heavy atom. The number of nitrogens with one attached hydrogen (secondary N) is 2. The number of carbonyl (C=O) groups is 2. The van der Waals surface area contributed by atoms with E-state index in [0.29, 0.717) is 25.2 Å². The number of rotatable bonds is 11. The third kappa shape index (κ3) is 7.57. The van der Waals surface area contributed by atoms with Gasteiger partial charge in [-0.2, -0.15) is 18.3 Å². The normalized spacial score (nSPS) is 20.6. The number of alkyl carbamates (subject to hydrolysis) is 1. The summed E-state index contributed by atoms with van der Waals surface area (Å²) in [5.74, 6) is -0.183. The molecule has 2 aromatic heterocycles. The molecule has 2 aliphatic rings. The number of pyridine rings is 1. The molecule has 1 aliphatic heterocycles. The van der Waals surface area contributed by atoms with E-state index in [1.807, 2.05) is 30.9 Å². The van der Waals surface area contributed by atoms with Gasteiger partial charge in [0.15, 0.2) is 5.65 Å². The van der Waals surface area contributed by atoms with Gasteiger partial charge in [-0.3, -0.25) is 4.79 Å². The van der Waals surface area contributed by atoms with E-state index in [1.165, 1.54) is 7.11 Å². The van der Waals surface area contributed by atoms with Crippen LogP contribution in [0.15, 0.2) is 12.1 Å². The van der Waals surface area contributed by atoms with Crippen LogP contribution in [0.5, 0.6) is 0 Å². The molecule has 39 heavy (non-hydrogen) atoms. The van der Waals surface area contributed by atoms with Crippen molar-refractivity contribution in [1.29, 1.82) is 0 Å². The lowest BCUT2D eigenvalue weighted by Crippen LogP contribution is -2.55. The van der Waals surface area contributed by atoms with Crippen molar-refractivity contribution in [2.24, 2.45) is 0 Å². The summed E-state index contributed by atoms with van der Waals surface area (Å²) in [7, 11) is 1.31. The zero-order valence-corrected chi connectivity index (χ0v) is 22.3. The van der Waals surface area contributed by atoms with Crippen molar-refractivity contribution in [2.75, 3.05) is 40.0 Å². The molecule has 4 rings (SSSR count). The van der Waals surface area contributed by atoms with Gasteiger partial charge in [0.05, 0.1) is 38.1 Å². The highest BCUT2D eigenvalue weighted by molar-refractivity contribution is 5.84. The number of halogens is 3. The maximum absolute atomic E-state index is 13.6. The molecule has 14 heteroatoms. The second kappa shape index (κ2) is 12.5. The van der Waals surface area contributed by atoms with Crippen LogP contribution in [0, 0.1) is 6.92 Å². The predicted molar refractivity (Wildman–Crippen MR) is 134 cm³/mol. The summed E-state index contributed by atoms with van der Waals surface area (Å²) < 4.78 is 53.9. The first-order chi connectivity index (χ1) is 18.6. The summed E-state index contributed by atoms with van der Waals surface area (Å²) in [5.41, 5.74) is 2.26. The van der Waals surface area contributed by atoms with E-state index in [2.05, 4.69) is 20.4 Å². The minimum absolute atomic E-state index is 0.0619. The average Bonchev–Trinajstić information content (AvgIpc) is 3.66. The van der Waals surface area contributed by atoms with E-state index in [0.717, 1.165) is 29.6 Å². The Bertz CT molecular complexity index is 1150. The fourth-order valence-corrected chi connectivity index (χ4v) is 4.67. The van der Waals surface area contributed by atoms with E-state index in [1.54, 1.807) is 4.68 Å². The Kier molecular flexibility index (Phi) is 9.28. The average molecular weight is 557 g/mol. The highest BCUT2D eigenvalue weighted by Crippen LogP contribution is 2.37. The maximum atomic E-state index is 13.6. The van der Waals surface area contributed by atoms with Gasteiger partial charge in [-0.25, -0.2) is 14.5 Å². The summed E-state index contributed by atoms with van der Waals surface area (Å²) in [6, 6.07) is 3.14. The topological polar surface area (TPSA) is 120 Å². The standard InChI is InChI=1S/C25H35F3N6O5/c1-15-5-8-19-21(32-33(22(19)31-15)10-4-9-29-24(36)37-3)16(2)34(18-6-7-18)23(35)20-11-30-17(13-39-20)12-38-14-25(26,27)28/h5,8,16-18,20,30H,4,6-7,9-14H2,1-3H3,(H,29,36)/t16-,17+,20-/m1/s1. The second-order valence-electron chi connectivity index (χ2n) is 9.91. The van der Waals surface area contributed by atoms with Crippen molar-refractivity contribution < 1.29 is 37.0 Å². The first-order valence-corrected chi connectivity index (χ1v) is 13.0. The van der Waals surface area contributed by atoms with Gasteiger partial charge >= 0.3 is 12.3 Å². The fraction of sp³-hybridized carbons (Fsp3) is 0.680. The van der Waals surface area contributed by atoms with Crippen LogP contribution in [-0.2, 0) is 25.5 Å². The number of hydrogen-bond donors (Lipinski definition) is 2. The van der Waals surface area contributed by atoms with Crippen molar-refractivity contribution in [3.63, 3.8) is 0 Å². The molecular formula is C25H35F3N6O5. The number of methoxy groups -OCH3 is 1. The van der Waals surface area contributed by atoms with Crippen LogP contribution in [0.2, 0.25) is 0 Å². The second-order valence-corrected chi connectivity index (χ2v) is 9.91. The van der Waals surface area contributed by atoms with Crippen molar-refractivity contribution in [2.45, 2.75) is 70.1 Å². The Morgan fingerprint density at radius 1 is 1.33 bits per heavy atom. The van der Waals surface area contributed by atoms with Crippen molar-refractivity contribution in [1.82, 2.24) is 30.3 Å². The molecule has 1 aliphatic carbocycles. The molecule has 0 radical (unpaired) electrons. The lowest BCUT2D eigenvalue weighted by atomic mass is 10.1. The predicted octanol–water partition coefficient (Wildman–Crippen LogP) is 2.47. The summed E-state index contributed by atoms with van der Waals surface area (Å²) in [5, 5.41) is 11.4. The summed E-state index contributed by atoms with van der Waals surface area (Å²) in [6.45, 7) is 3.52. The van der Waals surface area contributed by atoms with Gasteiger partial charge in [-0.15, -0.1) is 0 Å². The van der Waals surface area contributed by atoms with Gasteiger partial charge in [0, 0.05) is 36.8 Å². The van der Waals surface area contributed by atoms with Crippen LogP contribution >= 0.6 is 0 Å². The van der Waals surface area contributed by atoms with Crippen LogP contribution in [0.25, 0.3) is 11.0 Å². The van der Waals surface area contributed by atoms with Gasteiger partial charge in [-0.1, -0.05) is 0 Å². The van der Waals surface area contributed by atoms with Gasteiger partial charge in [0.2, 0.25) is 0 Å². The monoisotopic (exact) mass is 556 g/mol. The number of ether oxygens (including phenoxy) is 3. The first kappa shape index (κ1) is 29.0. The Balaban J connectivity index is 1.44. The molecule has 2 N–H and O–H groups in total. The third-order valence-electron chi connectivity index (χ3n) is 6.72. The highest BCUT2D eigenvalue weighted by Gasteiger charge is 2.42. The molecule has 3 heterocycles. The molecule has 1 saturated heterocycles. The Morgan fingerprint density at radius 2 is 2.10 bits per heavy atom. The number of aryl methyl sites for hydroxylation is 2. The number of hydrogen-bond acceptors (Lipinski definition) is 8. The quantitative estimate of drug-likeness (QED) is 0.405. The maximum Gasteiger partial charge on any atom is 0.411 e. The molecule has 216 valence electrons. The largest absolute Gasteiger partial charge is 0.453 e. The zero-order chi connectivity index (χ0) is 28.2. The van der Waals surface area contributed by atoms with Crippen LogP contribution in [0.1, 0.15) is 43.6 Å². The first-order valence-electron chi connectivity index (χ1n) is 13.0. The molecule has 2 fully saturated rings. The summed E-state index contributed by atoms with van der Waals surface area (Å²) in [4.78, 5) is 31.5. The van der Waals surface area contributed by atoms with Gasteiger partial charge in [0.25, 0.3) is 5.91 Å². The number of carbonyl (C=O) groups excluding carboxylic acids is 2. The molecule has 0 bridgehead atoms. The fourth-order valence-electron chi connectivity index (χ4n) is 4.67. The minimum Gasteiger partial charge on any atom is -0.453 e. The molecule has 11 nitrogen and oxygen atoms in total. The number of amides is 2. The van der Waals surface area contributed by atoms with E-state index >= 15 is 0 Å². The third-order valence-corrected chi connectivity index (χ3v) is 6.72. The molecule has 2 amide bonds. The molecular weight excluding hydrogens is 521 g/mol. The van der Waals surface area contributed by atoms with E-state index < -0.39 is 31.0 Å². The number of aromatic nitrogens is 3. The minimum atomic E-state index is -4.39. The van der Waals surface area contributed by atoms with Gasteiger partial charge < -0.3 is 29.7 Å². The number of fused-ring (bicyclic) bond motifs is 1. The number of morpholine rings is 1. The van der Waals surface area contributed by atoms with Crippen molar-refractivity contribution in [3.8, 4) is 0 Å². The molecule has 0 spiro atoms. The SMILES string of the molecule is COC(=O)NCCCn1nc([C@@H](C)N(C(=O)[C@H]2CN[C@@H](COCC(F)(F)F)CO2)C2CC2)c2ccc(C)nc21. The van der Waals surface area contributed by atoms with Crippen LogP contribution < -0.4 is 10.6 Å². The van der Waals surface area contributed by atoms with E-state index in [-0.39, 0.29) is 37.7 Å². The van der Waals surface area contributed by atoms with Crippen LogP contribution in [-0.4, -0.2) is 96.0 Å². The Hall–Kier alpha value is -2.97. The highest BCUT2D eigenvalue weighted by atomic mass is 19.4. The van der Waals surface area contributed by atoms with Gasteiger partial charge in [-0.05, 0) is 45.2 Å². The molecule has 3 atom stereocenters. The van der Waals surface area contributed by atoms with E-state index in [4.69, 9.17) is 14.6 Å². The lowest BCUT2D eigenvalue weighted by molar-refractivity contribution is -0.178. The van der Waals surface area contributed by atoms with Crippen molar-refractivity contribution in [3.05, 3.63) is 23.5 Å². The lowest BCUT2D eigenvalue weighted by Gasteiger charge is -2.35. The molecule has 0 aromatic carbocycles. The van der Waals surface area contributed by atoms with Gasteiger partial charge in [0.1, 0.15) is 12.7 Å². The Labute approximate surface area is 224 Å². The van der Waals surface area contributed by atoms with E-state index in [9.17, 15) is 22.8 Å². The molecule has 2 aromatic rings. The van der Waals surface area contributed by atoms with Crippen LogP contribution in [0.4, 0.5) is 18.0 Å². The van der Waals surface area contributed by atoms with Crippen molar-refractivity contribution >= 4 is 23.0 Å². The number of alkyl halides is 3. The summed E-state index contributed by atoms with van der Waals surface area (Å²) >= 11 is 0.